The minimum Gasteiger partial charge on any atom is -0.372 e. The molecule has 1 aliphatic carbocycles. The molecule has 4 heteroatoms. The normalized spacial score (nSPS) is 26.3. The number of hydrogen-bond donors (Lipinski definition) is 0. The van der Waals surface area contributed by atoms with Crippen molar-refractivity contribution in [3.63, 3.8) is 0 Å². The molecule has 1 aromatic carbocycles. The minimum absolute atomic E-state index is 0.298. The highest BCUT2D eigenvalue weighted by Crippen LogP contribution is 2.49. The summed E-state index contributed by atoms with van der Waals surface area (Å²) in [7, 11) is 0. The Morgan fingerprint density at radius 2 is 1.51 bits per heavy atom. The van der Waals surface area contributed by atoms with Gasteiger partial charge in [0.25, 0.3) is 0 Å². The van der Waals surface area contributed by atoms with E-state index in [0.29, 0.717) is 23.5 Å². The second-order valence-corrected chi connectivity index (χ2v) is 11.9. The number of ether oxygens (including phenoxy) is 1. The van der Waals surface area contributed by atoms with E-state index in [9.17, 15) is 0 Å². The van der Waals surface area contributed by atoms with Gasteiger partial charge in [-0.05, 0) is 87.6 Å². The number of anilines is 2. The zero-order chi connectivity index (χ0) is 24.8. The van der Waals surface area contributed by atoms with E-state index in [1.54, 1.807) is 5.56 Å². The van der Waals surface area contributed by atoms with Gasteiger partial charge in [-0.3, -0.25) is 4.90 Å². The van der Waals surface area contributed by atoms with Crippen LogP contribution in [0.25, 0.3) is 0 Å². The van der Waals surface area contributed by atoms with Gasteiger partial charge in [-0.15, -0.1) is 0 Å². The highest BCUT2D eigenvalue weighted by atomic mass is 16.5. The molecule has 0 bridgehead atoms. The van der Waals surface area contributed by atoms with Crippen LogP contribution in [-0.2, 0) is 4.74 Å². The van der Waals surface area contributed by atoms with Gasteiger partial charge < -0.3 is 14.5 Å². The van der Waals surface area contributed by atoms with Gasteiger partial charge in [0.1, 0.15) is 0 Å². The maximum Gasteiger partial charge on any atom is 0.0726 e. The van der Waals surface area contributed by atoms with Crippen LogP contribution in [0.5, 0.6) is 0 Å². The summed E-state index contributed by atoms with van der Waals surface area (Å²) in [5.74, 6) is 0.703. The first-order valence-corrected chi connectivity index (χ1v) is 15.0. The number of morpholine rings is 1. The number of piperazine rings is 1. The minimum atomic E-state index is 0.298. The molecule has 2 heterocycles. The summed E-state index contributed by atoms with van der Waals surface area (Å²) in [5.41, 5.74) is 5.16. The summed E-state index contributed by atoms with van der Waals surface area (Å²) >= 11 is 0. The van der Waals surface area contributed by atoms with Crippen molar-refractivity contribution in [3.05, 3.63) is 23.8 Å². The molecule has 3 aliphatic rings. The van der Waals surface area contributed by atoms with E-state index in [-0.39, 0.29) is 0 Å². The van der Waals surface area contributed by atoms with Gasteiger partial charge in [0.05, 0.1) is 12.2 Å². The zero-order valence-corrected chi connectivity index (χ0v) is 23.5. The molecular weight excluding hydrogens is 430 g/mol. The van der Waals surface area contributed by atoms with Gasteiger partial charge in [0.15, 0.2) is 0 Å². The molecule has 3 fully saturated rings. The second-order valence-electron chi connectivity index (χ2n) is 11.9. The molecular formula is C31H53N3O. The molecule has 35 heavy (non-hydrogen) atoms. The Morgan fingerprint density at radius 3 is 2.11 bits per heavy atom. The lowest BCUT2D eigenvalue weighted by atomic mass is 9.66. The van der Waals surface area contributed by atoms with Gasteiger partial charge >= 0.3 is 0 Å². The van der Waals surface area contributed by atoms with Crippen molar-refractivity contribution in [1.82, 2.24) is 4.90 Å². The molecule has 2 unspecified atom stereocenters. The molecule has 1 saturated carbocycles. The summed E-state index contributed by atoms with van der Waals surface area (Å²) in [6, 6.07) is 7.47. The molecule has 198 valence electrons. The van der Waals surface area contributed by atoms with Crippen LogP contribution >= 0.6 is 0 Å². The third-order valence-electron chi connectivity index (χ3n) is 9.57. The average molecular weight is 484 g/mol. The Morgan fingerprint density at radius 1 is 0.857 bits per heavy atom. The molecule has 0 aromatic heterocycles. The van der Waals surface area contributed by atoms with Gasteiger partial charge in [-0.2, -0.15) is 0 Å². The van der Waals surface area contributed by atoms with E-state index in [2.05, 4.69) is 67.5 Å². The first-order chi connectivity index (χ1) is 17.0. The van der Waals surface area contributed by atoms with Gasteiger partial charge in [0, 0.05) is 50.6 Å². The van der Waals surface area contributed by atoms with Crippen LogP contribution in [0.1, 0.15) is 104 Å². The predicted molar refractivity (Wildman–Crippen MR) is 151 cm³/mol. The summed E-state index contributed by atoms with van der Waals surface area (Å²) < 4.78 is 6.04. The van der Waals surface area contributed by atoms with E-state index in [1.165, 1.54) is 102 Å². The van der Waals surface area contributed by atoms with E-state index in [1.807, 2.05) is 0 Å². The number of benzene rings is 1. The highest BCUT2D eigenvalue weighted by Gasteiger charge is 2.34. The van der Waals surface area contributed by atoms with Crippen LogP contribution in [0, 0.1) is 5.41 Å². The Hall–Kier alpha value is -1.26. The zero-order valence-electron chi connectivity index (χ0n) is 23.5. The Bertz CT molecular complexity index is 763. The summed E-state index contributed by atoms with van der Waals surface area (Å²) in [6.07, 6.45) is 12.8. The molecule has 1 aromatic rings. The van der Waals surface area contributed by atoms with Gasteiger partial charge in [-0.1, -0.05) is 46.5 Å². The molecule has 4 nitrogen and oxygen atoms in total. The van der Waals surface area contributed by atoms with Crippen molar-refractivity contribution >= 4 is 11.4 Å². The monoisotopic (exact) mass is 483 g/mol. The molecule has 2 aliphatic heterocycles. The highest BCUT2D eigenvalue weighted by molar-refractivity contribution is 5.64. The quantitative estimate of drug-likeness (QED) is 0.349. The Kier molecular flexibility index (Phi) is 9.43. The van der Waals surface area contributed by atoms with Crippen molar-refractivity contribution in [2.24, 2.45) is 5.41 Å². The van der Waals surface area contributed by atoms with Crippen molar-refractivity contribution in [1.29, 1.82) is 0 Å². The summed E-state index contributed by atoms with van der Waals surface area (Å²) in [6.45, 7) is 19.6. The second kappa shape index (κ2) is 12.3. The average Bonchev–Trinajstić information content (AvgIpc) is 2.88. The third kappa shape index (κ3) is 6.55. The molecule has 0 spiro atoms. The smallest absolute Gasteiger partial charge is 0.0726 e. The van der Waals surface area contributed by atoms with E-state index >= 15 is 0 Å². The van der Waals surface area contributed by atoms with Gasteiger partial charge in [0.2, 0.25) is 0 Å². The van der Waals surface area contributed by atoms with E-state index in [4.69, 9.17) is 4.74 Å². The molecule has 0 amide bonds. The Labute approximate surface area is 216 Å². The molecule has 2 atom stereocenters. The topological polar surface area (TPSA) is 19.0 Å². The van der Waals surface area contributed by atoms with Gasteiger partial charge in [-0.25, -0.2) is 0 Å². The fourth-order valence-corrected chi connectivity index (χ4v) is 7.04. The summed E-state index contributed by atoms with van der Waals surface area (Å²) in [4.78, 5) is 7.97. The van der Waals surface area contributed by atoms with E-state index < -0.39 is 0 Å². The molecule has 4 rings (SSSR count). The van der Waals surface area contributed by atoms with Crippen molar-refractivity contribution in [2.75, 3.05) is 55.6 Å². The van der Waals surface area contributed by atoms with Crippen molar-refractivity contribution in [3.8, 4) is 0 Å². The Balaban J connectivity index is 1.53. The van der Waals surface area contributed by atoms with Crippen molar-refractivity contribution < 1.29 is 4.74 Å². The van der Waals surface area contributed by atoms with Crippen LogP contribution in [-0.4, -0.2) is 62.9 Å². The lowest BCUT2D eigenvalue weighted by Gasteiger charge is -2.42. The largest absolute Gasteiger partial charge is 0.372 e. The van der Waals surface area contributed by atoms with Crippen LogP contribution in [0.15, 0.2) is 18.2 Å². The van der Waals surface area contributed by atoms with Crippen LogP contribution in [0.4, 0.5) is 11.4 Å². The lowest BCUT2D eigenvalue weighted by Crippen LogP contribution is -2.47. The third-order valence-corrected chi connectivity index (χ3v) is 9.57. The molecule has 0 N–H and O–H groups in total. The SMILES string of the molecule is CCCCCN1CCN(c2ccc(N3CC(C)OC(C)C3)cc2C2CCC(CC)(CC)CC2)CC1. The fraction of sp³-hybridized carbons (Fsp3) is 0.806. The fourth-order valence-electron chi connectivity index (χ4n) is 7.04. The maximum atomic E-state index is 6.04. The van der Waals surface area contributed by atoms with Crippen LogP contribution in [0.2, 0.25) is 0 Å². The number of rotatable bonds is 9. The summed E-state index contributed by atoms with van der Waals surface area (Å²) in [5, 5.41) is 0. The number of hydrogen-bond acceptors (Lipinski definition) is 4. The van der Waals surface area contributed by atoms with Crippen LogP contribution < -0.4 is 9.80 Å². The van der Waals surface area contributed by atoms with Crippen LogP contribution in [0.3, 0.4) is 0 Å². The molecule has 2 saturated heterocycles. The lowest BCUT2D eigenvalue weighted by molar-refractivity contribution is -0.00522. The van der Waals surface area contributed by atoms with Crippen molar-refractivity contribution in [2.45, 2.75) is 111 Å². The first kappa shape index (κ1) is 26.8. The predicted octanol–water partition coefficient (Wildman–Crippen LogP) is 7.08. The number of unbranched alkanes of at least 4 members (excludes halogenated alkanes) is 2. The molecule has 0 radical (unpaired) electrons. The first-order valence-electron chi connectivity index (χ1n) is 15.0. The maximum absolute atomic E-state index is 6.04. The standard InChI is InChI=1S/C31H53N3O/c1-6-9-10-17-32-18-20-33(21-19-32)30-12-11-28(34-23-25(4)35-26(5)24-34)22-29(30)27-13-15-31(7-2,8-3)16-14-27/h11-12,22,25-27H,6-10,13-21,23-24H2,1-5H3. The van der Waals surface area contributed by atoms with E-state index in [0.717, 1.165) is 13.1 Å². The number of nitrogens with zero attached hydrogens (tertiary/aromatic N) is 3.